The minimum atomic E-state index is -0.926. The molecule has 1 aliphatic rings. The number of carbonyl (C=O) groups is 1. The highest BCUT2D eigenvalue weighted by atomic mass is 16.4. The van der Waals surface area contributed by atoms with Gasteiger partial charge in [-0.1, -0.05) is 0 Å². The Labute approximate surface area is 87.6 Å². The van der Waals surface area contributed by atoms with Crippen LogP contribution in [0.1, 0.15) is 23.2 Å². The molecule has 0 aliphatic heterocycles. The largest absolute Gasteiger partial charge is 0.478 e. The van der Waals surface area contributed by atoms with Crippen LogP contribution in [0.3, 0.4) is 0 Å². The molecule has 3 N–H and O–H groups in total. The molecular weight excluding hydrogens is 194 g/mol. The third-order valence-electron chi connectivity index (χ3n) is 2.70. The molecule has 80 valence electrons. The molecule has 0 saturated heterocycles. The van der Waals surface area contributed by atoms with E-state index >= 15 is 0 Å². The minimum absolute atomic E-state index is 0.119. The highest BCUT2D eigenvalue weighted by Gasteiger charge is 2.41. The molecule has 15 heavy (non-hydrogen) atoms. The topological polar surface area (TPSA) is 69.6 Å². The highest BCUT2D eigenvalue weighted by Crippen LogP contribution is 2.38. The molecule has 0 heterocycles. The number of aliphatic hydroxyl groups excluding tert-OH is 1. The van der Waals surface area contributed by atoms with Crippen LogP contribution in [0.4, 0.5) is 5.69 Å². The Bertz CT molecular complexity index is 368. The van der Waals surface area contributed by atoms with Gasteiger partial charge in [0.15, 0.2) is 0 Å². The summed E-state index contributed by atoms with van der Waals surface area (Å²) in [7, 11) is 0. The number of anilines is 1. The molecule has 1 fully saturated rings. The number of benzene rings is 1. The first-order valence-electron chi connectivity index (χ1n) is 4.88. The van der Waals surface area contributed by atoms with Crippen molar-refractivity contribution < 1.29 is 15.0 Å². The zero-order chi connectivity index (χ0) is 10.9. The number of aromatic carboxylic acids is 1. The van der Waals surface area contributed by atoms with Gasteiger partial charge in [-0.15, -0.1) is 0 Å². The van der Waals surface area contributed by atoms with E-state index in [2.05, 4.69) is 5.32 Å². The number of carboxylic acids is 1. The van der Waals surface area contributed by atoms with Crippen molar-refractivity contribution in [3.8, 4) is 0 Å². The van der Waals surface area contributed by atoms with Gasteiger partial charge in [0, 0.05) is 5.69 Å². The van der Waals surface area contributed by atoms with Crippen molar-refractivity contribution in [2.45, 2.75) is 18.4 Å². The summed E-state index contributed by atoms with van der Waals surface area (Å²) < 4.78 is 0. The lowest BCUT2D eigenvalue weighted by Gasteiger charge is -2.15. The Morgan fingerprint density at radius 1 is 1.33 bits per heavy atom. The molecule has 0 atom stereocenters. The maximum absolute atomic E-state index is 10.6. The van der Waals surface area contributed by atoms with Gasteiger partial charge in [-0.2, -0.15) is 0 Å². The number of carboxylic acid groups (broad SMARTS) is 1. The van der Waals surface area contributed by atoms with Crippen LogP contribution in [-0.4, -0.2) is 28.3 Å². The second kappa shape index (κ2) is 3.55. The van der Waals surface area contributed by atoms with E-state index in [4.69, 9.17) is 10.2 Å². The fourth-order valence-electron chi connectivity index (χ4n) is 1.48. The predicted octanol–water partition coefficient (Wildman–Crippen LogP) is 1.32. The van der Waals surface area contributed by atoms with Crippen molar-refractivity contribution in [2.24, 2.45) is 0 Å². The summed E-state index contributed by atoms with van der Waals surface area (Å²) in [5, 5.41) is 21.0. The van der Waals surface area contributed by atoms with Gasteiger partial charge in [0.2, 0.25) is 0 Å². The summed E-state index contributed by atoms with van der Waals surface area (Å²) >= 11 is 0. The summed E-state index contributed by atoms with van der Waals surface area (Å²) in [4.78, 5) is 10.6. The summed E-state index contributed by atoms with van der Waals surface area (Å²) in [6.07, 6.45) is 1.92. The first-order valence-corrected chi connectivity index (χ1v) is 4.88. The van der Waals surface area contributed by atoms with E-state index in [1.807, 2.05) is 0 Å². The highest BCUT2D eigenvalue weighted by molar-refractivity contribution is 5.88. The van der Waals surface area contributed by atoms with E-state index in [1.54, 1.807) is 24.3 Å². The van der Waals surface area contributed by atoms with Crippen LogP contribution in [-0.2, 0) is 0 Å². The molecule has 0 unspecified atom stereocenters. The molecule has 1 aromatic rings. The van der Waals surface area contributed by atoms with Crippen LogP contribution in [0, 0.1) is 0 Å². The first-order chi connectivity index (χ1) is 7.15. The molecule has 4 heteroatoms. The van der Waals surface area contributed by atoms with Gasteiger partial charge in [-0.05, 0) is 37.1 Å². The van der Waals surface area contributed by atoms with E-state index in [9.17, 15) is 4.79 Å². The monoisotopic (exact) mass is 207 g/mol. The van der Waals surface area contributed by atoms with Gasteiger partial charge in [-0.3, -0.25) is 0 Å². The number of hydrogen-bond acceptors (Lipinski definition) is 3. The van der Waals surface area contributed by atoms with E-state index < -0.39 is 5.97 Å². The van der Waals surface area contributed by atoms with Crippen LogP contribution in [0.5, 0.6) is 0 Å². The van der Waals surface area contributed by atoms with Crippen molar-refractivity contribution in [1.29, 1.82) is 0 Å². The second-order valence-corrected chi connectivity index (χ2v) is 3.95. The fraction of sp³-hybridized carbons (Fsp3) is 0.364. The Morgan fingerprint density at radius 2 is 1.93 bits per heavy atom. The number of hydrogen-bond donors (Lipinski definition) is 3. The lowest BCUT2D eigenvalue weighted by atomic mass is 10.2. The molecular formula is C11H13NO3. The maximum Gasteiger partial charge on any atom is 0.335 e. The molecule has 1 saturated carbocycles. The smallest absolute Gasteiger partial charge is 0.335 e. The van der Waals surface area contributed by atoms with Crippen LogP contribution >= 0.6 is 0 Å². The van der Waals surface area contributed by atoms with Gasteiger partial charge in [0.25, 0.3) is 0 Å². The van der Waals surface area contributed by atoms with Crippen LogP contribution in [0.25, 0.3) is 0 Å². The molecule has 0 aromatic heterocycles. The Hall–Kier alpha value is -1.55. The Kier molecular flexibility index (Phi) is 2.36. The SMILES string of the molecule is O=C(O)c1ccc(NC2(CO)CC2)cc1. The van der Waals surface area contributed by atoms with E-state index in [-0.39, 0.29) is 17.7 Å². The molecule has 2 rings (SSSR count). The normalized spacial score (nSPS) is 17.1. The van der Waals surface area contributed by atoms with Crippen molar-refractivity contribution >= 4 is 11.7 Å². The van der Waals surface area contributed by atoms with Crippen LogP contribution in [0.2, 0.25) is 0 Å². The predicted molar refractivity (Wildman–Crippen MR) is 56.1 cm³/mol. The average Bonchev–Trinajstić information content (AvgIpc) is 2.99. The molecule has 0 radical (unpaired) electrons. The van der Waals surface area contributed by atoms with Crippen molar-refractivity contribution in [3.05, 3.63) is 29.8 Å². The zero-order valence-electron chi connectivity index (χ0n) is 8.23. The standard InChI is InChI=1S/C11H13NO3/c13-7-11(5-6-11)12-9-3-1-8(2-4-9)10(14)15/h1-4,12-13H,5-7H2,(H,14,15). The minimum Gasteiger partial charge on any atom is -0.478 e. The number of aliphatic hydroxyl groups is 1. The van der Waals surface area contributed by atoms with Crippen molar-refractivity contribution in [3.63, 3.8) is 0 Å². The molecule has 0 bridgehead atoms. The summed E-state index contributed by atoms with van der Waals surface area (Å²) in [6.45, 7) is 0.119. The third-order valence-corrected chi connectivity index (χ3v) is 2.70. The molecule has 0 amide bonds. The van der Waals surface area contributed by atoms with Gasteiger partial charge in [-0.25, -0.2) is 4.79 Å². The summed E-state index contributed by atoms with van der Waals surface area (Å²) in [5.41, 5.74) is 0.964. The molecule has 1 aliphatic carbocycles. The molecule has 0 spiro atoms. The maximum atomic E-state index is 10.6. The fourth-order valence-corrected chi connectivity index (χ4v) is 1.48. The van der Waals surface area contributed by atoms with E-state index in [0.717, 1.165) is 18.5 Å². The zero-order valence-corrected chi connectivity index (χ0v) is 8.23. The van der Waals surface area contributed by atoms with Crippen LogP contribution in [0.15, 0.2) is 24.3 Å². The van der Waals surface area contributed by atoms with Crippen LogP contribution < -0.4 is 5.32 Å². The molecule has 4 nitrogen and oxygen atoms in total. The molecule has 1 aromatic carbocycles. The average molecular weight is 207 g/mol. The third kappa shape index (κ3) is 2.10. The second-order valence-electron chi connectivity index (χ2n) is 3.95. The summed E-state index contributed by atoms with van der Waals surface area (Å²) in [5.74, 6) is -0.926. The van der Waals surface area contributed by atoms with Crippen molar-refractivity contribution in [2.75, 3.05) is 11.9 Å². The van der Waals surface area contributed by atoms with Gasteiger partial charge in [0.05, 0.1) is 17.7 Å². The summed E-state index contributed by atoms with van der Waals surface area (Å²) in [6, 6.07) is 6.55. The van der Waals surface area contributed by atoms with Gasteiger partial charge >= 0.3 is 5.97 Å². The Balaban J connectivity index is 2.07. The number of nitrogens with one attached hydrogen (secondary N) is 1. The lowest BCUT2D eigenvalue weighted by molar-refractivity contribution is 0.0697. The quantitative estimate of drug-likeness (QED) is 0.696. The lowest BCUT2D eigenvalue weighted by Crippen LogP contribution is -2.25. The van der Waals surface area contributed by atoms with Gasteiger partial charge < -0.3 is 15.5 Å². The number of rotatable bonds is 4. The Morgan fingerprint density at radius 3 is 2.33 bits per heavy atom. The van der Waals surface area contributed by atoms with E-state index in [0.29, 0.717) is 0 Å². The first kappa shape index (κ1) is 9.98. The van der Waals surface area contributed by atoms with E-state index in [1.165, 1.54) is 0 Å². The van der Waals surface area contributed by atoms with Gasteiger partial charge in [0.1, 0.15) is 0 Å². The van der Waals surface area contributed by atoms with Crippen molar-refractivity contribution in [1.82, 2.24) is 0 Å².